The number of alkyl carbamates (subject to hydrolysis) is 1. The van der Waals surface area contributed by atoms with Crippen LogP contribution in [0.3, 0.4) is 0 Å². The summed E-state index contributed by atoms with van der Waals surface area (Å²) in [5.41, 5.74) is 0.876. The fourth-order valence-corrected chi connectivity index (χ4v) is 2.77. The average Bonchev–Trinajstić information content (AvgIpc) is 3.42. The van der Waals surface area contributed by atoms with Gasteiger partial charge in [0.25, 0.3) is 0 Å². The van der Waals surface area contributed by atoms with Gasteiger partial charge >= 0.3 is 6.09 Å². The third-order valence-corrected chi connectivity index (χ3v) is 4.21. The fraction of sp³-hybridized carbons (Fsp3) is 0.579. The molecular weight excluding hydrogens is 335 g/mol. The van der Waals surface area contributed by atoms with Crippen LogP contribution in [-0.4, -0.2) is 49.7 Å². The molecule has 1 aliphatic rings. The van der Waals surface area contributed by atoms with Crippen LogP contribution in [0.15, 0.2) is 29.3 Å². The summed E-state index contributed by atoms with van der Waals surface area (Å²) in [6, 6.07) is 6.53. The van der Waals surface area contributed by atoms with Crippen LogP contribution in [0.4, 0.5) is 9.18 Å². The van der Waals surface area contributed by atoms with Gasteiger partial charge in [-0.2, -0.15) is 0 Å². The van der Waals surface area contributed by atoms with Crippen molar-refractivity contribution >= 4 is 12.1 Å². The largest absolute Gasteiger partial charge is 0.450 e. The summed E-state index contributed by atoms with van der Waals surface area (Å²) in [5.74, 6) is 0.943. The van der Waals surface area contributed by atoms with Crippen molar-refractivity contribution in [1.82, 2.24) is 15.5 Å². The van der Waals surface area contributed by atoms with Crippen molar-refractivity contribution < 1.29 is 13.9 Å². The highest BCUT2D eigenvalue weighted by atomic mass is 19.1. The number of guanidine groups is 1. The molecule has 1 aliphatic carbocycles. The second-order valence-electron chi connectivity index (χ2n) is 6.49. The molecular formula is C19H29FN4O2. The SMILES string of the molecule is CCNC(=NCC(NC(=O)OCC)C1CC1)N(C)Cc1cccc(F)c1. The highest BCUT2D eigenvalue weighted by Crippen LogP contribution is 2.32. The smallest absolute Gasteiger partial charge is 0.407 e. The number of ether oxygens (including phenoxy) is 1. The molecule has 1 fully saturated rings. The van der Waals surface area contributed by atoms with Gasteiger partial charge in [0.15, 0.2) is 5.96 Å². The average molecular weight is 364 g/mol. The first kappa shape index (κ1) is 20.0. The lowest BCUT2D eigenvalue weighted by molar-refractivity contribution is 0.147. The van der Waals surface area contributed by atoms with Gasteiger partial charge in [0.2, 0.25) is 0 Å². The van der Waals surface area contributed by atoms with E-state index in [1.807, 2.05) is 24.9 Å². The molecule has 26 heavy (non-hydrogen) atoms. The maximum atomic E-state index is 13.4. The summed E-state index contributed by atoms with van der Waals surface area (Å²) in [6.07, 6.45) is 1.81. The summed E-state index contributed by atoms with van der Waals surface area (Å²) in [4.78, 5) is 18.3. The number of carbonyl (C=O) groups excluding carboxylic acids is 1. The minimum absolute atomic E-state index is 0.0229. The lowest BCUT2D eigenvalue weighted by Gasteiger charge is -2.23. The normalized spacial score (nSPS) is 15.3. The molecule has 1 amide bonds. The number of hydrogen-bond donors (Lipinski definition) is 2. The number of amides is 1. The standard InChI is InChI=1S/C19H29FN4O2/c1-4-21-18(24(3)13-14-7-6-8-16(20)11-14)22-12-17(15-9-10-15)23-19(25)26-5-2/h6-8,11,15,17H,4-5,9-10,12-13H2,1-3H3,(H,21,22)(H,23,25). The van der Waals surface area contributed by atoms with Gasteiger partial charge in [0.1, 0.15) is 5.82 Å². The van der Waals surface area contributed by atoms with E-state index in [0.29, 0.717) is 25.6 Å². The molecule has 0 bridgehead atoms. The number of nitrogens with one attached hydrogen (secondary N) is 2. The summed E-state index contributed by atoms with van der Waals surface area (Å²) in [5, 5.41) is 6.16. The summed E-state index contributed by atoms with van der Waals surface area (Å²) >= 11 is 0. The molecule has 1 atom stereocenters. The molecule has 0 aliphatic heterocycles. The predicted octanol–water partition coefficient (Wildman–Crippen LogP) is 2.75. The second-order valence-corrected chi connectivity index (χ2v) is 6.49. The van der Waals surface area contributed by atoms with Gasteiger partial charge in [0, 0.05) is 20.1 Å². The van der Waals surface area contributed by atoms with Gasteiger partial charge in [-0.15, -0.1) is 0 Å². The van der Waals surface area contributed by atoms with Gasteiger partial charge in [-0.3, -0.25) is 4.99 Å². The first-order valence-corrected chi connectivity index (χ1v) is 9.20. The van der Waals surface area contributed by atoms with Crippen LogP contribution < -0.4 is 10.6 Å². The molecule has 0 radical (unpaired) electrons. The monoisotopic (exact) mass is 364 g/mol. The number of rotatable bonds is 8. The third kappa shape index (κ3) is 6.54. The first-order chi connectivity index (χ1) is 12.5. The minimum Gasteiger partial charge on any atom is -0.450 e. The zero-order valence-corrected chi connectivity index (χ0v) is 15.8. The van der Waals surface area contributed by atoms with Gasteiger partial charge < -0.3 is 20.3 Å². The van der Waals surface area contributed by atoms with Crippen molar-refractivity contribution in [2.24, 2.45) is 10.9 Å². The van der Waals surface area contributed by atoms with E-state index in [1.165, 1.54) is 12.1 Å². The van der Waals surface area contributed by atoms with Crippen LogP contribution in [0.5, 0.6) is 0 Å². The van der Waals surface area contributed by atoms with E-state index < -0.39 is 6.09 Å². The van der Waals surface area contributed by atoms with Crippen LogP contribution in [0, 0.1) is 11.7 Å². The van der Waals surface area contributed by atoms with Crippen molar-refractivity contribution in [3.05, 3.63) is 35.6 Å². The predicted molar refractivity (Wildman–Crippen MR) is 101 cm³/mol. The second kappa shape index (κ2) is 9.99. The van der Waals surface area contributed by atoms with Crippen LogP contribution in [0.1, 0.15) is 32.3 Å². The van der Waals surface area contributed by atoms with Crippen molar-refractivity contribution in [2.75, 3.05) is 26.7 Å². The Kier molecular flexibility index (Phi) is 7.69. The molecule has 0 heterocycles. The molecule has 144 valence electrons. The molecule has 2 rings (SSSR count). The van der Waals surface area contributed by atoms with Gasteiger partial charge in [-0.25, -0.2) is 9.18 Å². The van der Waals surface area contributed by atoms with Crippen LogP contribution in [0.2, 0.25) is 0 Å². The van der Waals surface area contributed by atoms with Gasteiger partial charge in [-0.1, -0.05) is 12.1 Å². The molecule has 1 aromatic rings. The minimum atomic E-state index is -0.391. The maximum Gasteiger partial charge on any atom is 0.407 e. The number of halogens is 1. The quantitative estimate of drug-likeness (QED) is 0.550. The molecule has 6 nitrogen and oxygen atoms in total. The molecule has 1 aromatic carbocycles. The van der Waals surface area contributed by atoms with E-state index in [0.717, 1.165) is 30.9 Å². The molecule has 0 saturated heterocycles. The third-order valence-electron chi connectivity index (χ3n) is 4.21. The zero-order chi connectivity index (χ0) is 18.9. The van der Waals surface area contributed by atoms with Gasteiger partial charge in [-0.05, 0) is 50.3 Å². The Morgan fingerprint density at radius 3 is 2.81 bits per heavy atom. The first-order valence-electron chi connectivity index (χ1n) is 9.20. The highest BCUT2D eigenvalue weighted by Gasteiger charge is 2.32. The highest BCUT2D eigenvalue weighted by molar-refractivity contribution is 5.79. The Bertz CT molecular complexity index is 619. The Hall–Kier alpha value is -2.31. The van der Waals surface area contributed by atoms with E-state index in [9.17, 15) is 9.18 Å². The van der Waals surface area contributed by atoms with Crippen LogP contribution >= 0.6 is 0 Å². The Labute approximate surface area is 154 Å². The number of hydrogen-bond acceptors (Lipinski definition) is 3. The van der Waals surface area contributed by atoms with Crippen molar-refractivity contribution in [3.63, 3.8) is 0 Å². The molecule has 1 unspecified atom stereocenters. The number of carbonyl (C=O) groups is 1. The van der Waals surface area contributed by atoms with Crippen LogP contribution in [0.25, 0.3) is 0 Å². The topological polar surface area (TPSA) is 66.0 Å². The molecule has 7 heteroatoms. The van der Waals surface area contributed by atoms with E-state index in [-0.39, 0.29) is 11.9 Å². The molecule has 2 N–H and O–H groups in total. The van der Waals surface area contributed by atoms with E-state index in [1.54, 1.807) is 13.0 Å². The van der Waals surface area contributed by atoms with E-state index in [4.69, 9.17) is 4.74 Å². The van der Waals surface area contributed by atoms with Crippen molar-refractivity contribution in [3.8, 4) is 0 Å². The number of benzene rings is 1. The van der Waals surface area contributed by atoms with Gasteiger partial charge in [0.05, 0.1) is 19.2 Å². The zero-order valence-electron chi connectivity index (χ0n) is 15.8. The Balaban J connectivity index is 2.00. The summed E-state index contributed by atoms with van der Waals surface area (Å²) in [6.45, 7) is 5.90. The molecule has 0 aromatic heterocycles. The molecule has 1 saturated carbocycles. The number of nitrogens with zero attached hydrogens (tertiary/aromatic N) is 2. The van der Waals surface area contributed by atoms with Crippen molar-refractivity contribution in [1.29, 1.82) is 0 Å². The maximum absolute atomic E-state index is 13.4. The van der Waals surface area contributed by atoms with E-state index >= 15 is 0 Å². The van der Waals surface area contributed by atoms with Crippen molar-refractivity contribution in [2.45, 2.75) is 39.3 Å². The summed E-state index contributed by atoms with van der Waals surface area (Å²) in [7, 11) is 1.91. The Morgan fingerprint density at radius 2 is 2.19 bits per heavy atom. The lowest BCUT2D eigenvalue weighted by atomic mass is 10.2. The number of aliphatic imine (C=N–C) groups is 1. The van der Waals surface area contributed by atoms with Crippen LogP contribution in [-0.2, 0) is 11.3 Å². The summed E-state index contributed by atoms with van der Waals surface area (Å²) < 4.78 is 18.4. The lowest BCUT2D eigenvalue weighted by Crippen LogP contribution is -2.42. The Morgan fingerprint density at radius 1 is 1.42 bits per heavy atom. The fourth-order valence-electron chi connectivity index (χ4n) is 2.77. The van der Waals surface area contributed by atoms with E-state index in [2.05, 4.69) is 15.6 Å². The molecule has 0 spiro atoms.